The standard InChI is InChI=1S/C18H27N5O/c1-12(2)14-7-6-8-15(13(3)4)17(14)21-16-11-20-23-18(22-16)19-9-10-24-5/h6-8,11-13H,9-10H2,1-5H3,(H2,19,21,22,23). The molecule has 6 nitrogen and oxygen atoms in total. The molecule has 0 saturated heterocycles. The van der Waals surface area contributed by atoms with E-state index in [2.05, 4.69) is 71.7 Å². The van der Waals surface area contributed by atoms with Crippen molar-refractivity contribution in [3.8, 4) is 0 Å². The minimum atomic E-state index is 0.417. The van der Waals surface area contributed by atoms with E-state index in [1.165, 1.54) is 11.1 Å². The van der Waals surface area contributed by atoms with Crippen molar-refractivity contribution in [1.82, 2.24) is 15.2 Å². The number of methoxy groups -OCH3 is 1. The number of para-hydroxylation sites is 1. The SMILES string of the molecule is COCCNc1nncc(Nc2c(C(C)C)cccc2C(C)C)n1. The molecule has 1 aromatic heterocycles. The zero-order valence-electron chi connectivity index (χ0n) is 15.1. The minimum absolute atomic E-state index is 0.417. The number of anilines is 3. The summed E-state index contributed by atoms with van der Waals surface area (Å²) in [4.78, 5) is 4.49. The molecule has 2 N–H and O–H groups in total. The van der Waals surface area contributed by atoms with Gasteiger partial charge in [-0.2, -0.15) is 10.1 Å². The predicted molar refractivity (Wildman–Crippen MR) is 98.1 cm³/mol. The third kappa shape index (κ3) is 4.64. The number of ether oxygens (including phenoxy) is 1. The molecule has 0 amide bonds. The maximum Gasteiger partial charge on any atom is 0.244 e. The molecule has 0 atom stereocenters. The molecule has 0 radical (unpaired) electrons. The lowest BCUT2D eigenvalue weighted by molar-refractivity contribution is 0.210. The number of benzene rings is 1. The third-order valence-electron chi connectivity index (χ3n) is 3.77. The van der Waals surface area contributed by atoms with Gasteiger partial charge < -0.3 is 15.4 Å². The van der Waals surface area contributed by atoms with Gasteiger partial charge in [-0.05, 0) is 23.0 Å². The molecule has 1 aromatic carbocycles. The summed E-state index contributed by atoms with van der Waals surface area (Å²) in [5.74, 6) is 2.01. The van der Waals surface area contributed by atoms with Crippen molar-refractivity contribution in [3.05, 3.63) is 35.5 Å². The maximum absolute atomic E-state index is 5.02. The van der Waals surface area contributed by atoms with Crippen LogP contribution in [0.25, 0.3) is 0 Å². The number of nitrogens with one attached hydrogen (secondary N) is 2. The molecular weight excluding hydrogens is 302 g/mol. The highest BCUT2D eigenvalue weighted by Crippen LogP contribution is 2.34. The van der Waals surface area contributed by atoms with Crippen LogP contribution in [0.15, 0.2) is 24.4 Å². The van der Waals surface area contributed by atoms with Crippen LogP contribution in [0.2, 0.25) is 0 Å². The summed E-state index contributed by atoms with van der Waals surface area (Å²) in [6.07, 6.45) is 1.64. The van der Waals surface area contributed by atoms with E-state index >= 15 is 0 Å². The van der Waals surface area contributed by atoms with Gasteiger partial charge in [-0.15, -0.1) is 5.10 Å². The fourth-order valence-corrected chi connectivity index (χ4v) is 2.53. The smallest absolute Gasteiger partial charge is 0.244 e. The van der Waals surface area contributed by atoms with E-state index in [-0.39, 0.29) is 0 Å². The summed E-state index contributed by atoms with van der Waals surface area (Å²) >= 11 is 0. The maximum atomic E-state index is 5.02. The Morgan fingerprint density at radius 2 is 1.75 bits per heavy atom. The van der Waals surface area contributed by atoms with Gasteiger partial charge in [0.15, 0.2) is 5.82 Å². The number of hydrogen-bond acceptors (Lipinski definition) is 6. The van der Waals surface area contributed by atoms with Crippen LogP contribution >= 0.6 is 0 Å². The van der Waals surface area contributed by atoms with Crippen LogP contribution in [0.5, 0.6) is 0 Å². The highest BCUT2D eigenvalue weighted by molar-refractivity contribution is 5.66. The van der Waals surface area contributed by atoms with E-state index < -0.39 is 0 Å². The first-order valence-electron chi connectivity index (χ1n) is 8.35. The highest BCUT2D eigenvalue weighted by Gasteiger charge is 2.14. The van der Waals surface area contributed by atoms with Crippen LogP contribution in [0.4, 0.5) is 17.5 Å². The lowest BCUT2D eigenvalue weighted by Gasteiger charge is -2.20. The first-order chi connectivity index (χ1) is 11.5. The van der Waals surface area contributed by atoms with Crippen LogP contribution in [-0.4, -0.2) is 35.4 Å². The Bertz CT molecular complexity index is 631. The fraction of sp³-hybridized carbons (Fsp3) is 0.500. The summed E-state index contributed by atoms with van der Waals surface area (Å²) in [5, 5.41) is 14.6. The van der Waals surface area contributed by atoms with E-state index in [4.69, 9.17) is 4.74 Å². The molecule has 24 heavy (non-hydrogen) atoms. The van der Waals surface area contributed by atoms with Crippen molar-refractivity contribution in [1.29, 1.82) is 0 Å². The van der Waals surface area contributed by atoms with E-state index in [0.717, 1.165) is 5.69 Å². The third-order valence-corrected chi connectivity index (χ3v) is 3.77. The lowest BCUT2D eigenvalue weighted by Crippen LogP contribution is -2.12. The van der Waals surface area contributed by atoms with Crippen molar-refractivity contribution < 1.29 is 4.74 Å². The topological polar surface area (TPSA) is 72.0 Å². The van der Waals surface area contributed by atoms with E-state index in [1.54, 1.807) is 13.3 Å². The molecular formula is C18H27N5O. The molecule has 0 spiro atoms. The van der Waals surface area contributed by atoms with Crippen LogP contribution < -0.4 is 10.6 Å². The zero-order valence-corrected chi connectivity index (χ0v) is 15.1. The monoisotopic (exact) mass is 329 g/mol. The largest absolute Gasteiger partial charge is 0.383 e. The Morgan fingerprint density at radius 1 is 1.08 bits per heavy atom. The summed E-state index contributed by atoms with van der Waals surface area (Å²) in [6, 6.07) is 6.43. The molecule has 0 bridgehead atoms. The second-order valence-electron chi connectivity index (χ2n) is 6.33. The number of hydrogen-bond donors (Lipinski definition) is 2. The van der Waals surface area contributed by atoms with E-state index in [1.807, 2.05) is 0 Å². The quantitative estimate of drug-likeness (QED) is 0.715. The van der Waals surface area contributed by atoms with Crippen LogP contribution in [0, 0.1) is 0 Å². The Kier molecular flexibility index (Phi) is 6.49. The number of aromatic nitrogens is 3. The molecule has 130 valence electrons. The Balaban J connectivity index is 2.28. The van der Waals surface area contributed by atoms with Gasteiger partial charge in [-0.25, -0.2) is 0 Å². The molecule has 0 aliphatic carbocycles. The van der Waals surface area contributed by atoms with Crippen molar-refractivity contribution in [2.45, 2.75) is 39.5 Å². The molecule has 6 heteroatoms. The summed E-state index contributed by atoms with van der Waals surface area (Å²) in [6.45, 7) is 10.0. The van der Waals surface area contributed by atoms with E-state index in [9.17, 15) is 0 Å². The Labute approximate surface area is 144 Å². The van der Waals surface area contributed by atoms with Gasteiger partial charge >= 0.3 is 0 Å². The number of rotatable bonds is 8. The van der Waals surface area contributed by atoms with Crippen molar-refractivity contribution in [3.63, 3.8) is 0 Å². The van der Waals surface area contributed by atoms with Gasteiger partial charge in [0.1, 0.15) is 0 Å². The van der Waals surface area contributed by atoms with Crippen molar-refractivity contribution in [2.24, 2.45) is 0 Å². The van der Waals surface area contributed by atoms with Crippen LogP contribution in [0.1, 0.15) is 50.7 Å². The molecule has 0 saturated carbocycles. The van der Waals surface area contributed by atoms with Crippen LogP contribution in [0.3, 0.4) is 0 Å². The summed E-state index contributed by atoms with van der Waals surface area (Å²) in [5.41, 5.74) is 3.66. The van der Waals surface area contributed by atoms with Gasteiger partial charge in [-0.1, -0.05) is 45.9 Å². The van der Waals surface area contributed by atoms with Crippen molar-refractivity contribution >= 4 is 17.5 Å². The van der Waals surface area contributed by atoms with Gasteiger partial charge in [0.05, 0.1) is 12.8 Å². The molecule has 2 aromatic rings. The molecule has 0 aliphatic rings. The van der Waals surface area contributed by atoms with E-state index in [0.29, 0.717) is 36.8 Å². The second-order valence-corrected chi connectivity index (χ2v) is 6.33. The minimum Gasteiger partial charge on any atom is -0.383 e. The highest BCUT2D eigenvalue weighted by atomic mass is 16.5. The average Bonchev–Trinajstić information content (AvgIpc) is 2.55. The van der Waals surface area contributed by atoms with Gasteiger partial charge in [0, 0.05) is 19.3 Å². The fourth-order valence-electron chi connectivity index (χ4n) is 2.53. The first kappa shape index (κ1) is 18.1. The zero-order chi connectivity index (χ0) is 17.5. The molecule has 0 unspecified atom stereocenters. The molecule has 0 fully saturated rings. The normalized spacial score (nSPS) is 11.1. The molecule has 2 rings (SSSR count). The van der Waals surface area contributed by atoms with Gasteiger partial charge in [0.2, 0.25) is 5.95 Å². The summed E-state index contributed by atoms with van der Waals surface area (Å²) in [7, 11) is 1.66. The van der Waals surface area contributed by atoms with Crippen LogP contribution in [-0.2, 0) is 4.74 Å². The molecule has 1 heterocycles. The number of nitrogens with zero attached hydrogens (tertiary/aromatic N) is 3. The second kappa shape index (κ2) is 8.59. The Morgan fingerprint density at radius 3 is 2.33 bits per heavy atom. The molecule has 0 aliphatic heterocycles. The summed E-state index contributed by atoms with van der Waals surface area (Å²) < 4.78 is 5.02. The van der Waals surface area contributed by atoms with Gasteiger partial charge in [0.25, 0.3) is 0 Å². The van der Waals surface area contributed by atoms with Crippen molar-refractivity contribution in [2.75, 3.05) is 30.9 Å². The lowest BCUT2D eigenvalue weighted by atomic mass is 9.92. The first-order valence-corrected chi connectivity index (χ1v) is 8.35. The average molecular weight is 329 g/mol. The van der Waals surface area contributed by atoms with Gasteiger partial charge in [-0.3, -0.25) is 0 Å². The Hall–Kier alpha value is -2.21. The predicted octanol–water partition coefficient (Wildman–Crippen LogP) is 3.92.